The second-order valence-corrected chi connectivity index (χ2v) is 9.29. The fourth-order valence-electron chi connectivity index (χ4n) is 4.89. The summed E-state index contributed by atoms with van der Waals surface area (Å²) in [5.41, 5.74) is 2.25. The molecule has 2 fully saturated rings. The van der Waals surface area contributed by atoms with Crippen LogP contribution in [0.1, 0.15) is 52.5 Å². The lowest BCUT2D eigenvalue weighted by molar-refractivity contribution is 0.0303. The van der Waals surface area contributed by atoms with Crippen LogP contribution in [0.5, 0.6) is 11.5 Å². The maximum absolute atomic E-state index is 13.2. The van der Waals surface area contributed by atoms with Gasteiger partial charge in [0.05, 0.1) is 26.4 Å². The van der Waals surface area contributed by atoms with Crippen LogP contribution in [-0.4, -0.2) is 87.3 Å². The molecule has 0 bridgehead atoms. The lowest BCUT2D eigenvalue weighted by Gasteiger charge is -2.37. The number of likely N-dealkylation sites (tertiary alicyclic amines) is 1. The van der Waals surface area contributed by atoms with E-state index in [0.29, 0.717) is 50.6 Å². The van der Waals surface area contributed by atoms with Crippen molar-refractivity contribution in [3.05, 3.63) is 59.2 Å². The summed E-state index contributed by atoms with van der Waals surface area (Å²) in [4.78, 5) is 30.0. The molecule has 194 valence electrons. The second kappa shape index (κ2) is 12.2. The average molecular weight is 496 g/mol. The van der Waals surface area contributed by atoms with Crippen molar-refractivity contribution in [2.24, 2.45) is 0 Å². The number of hydrogen-bond donors (Lipinski definition) is 1. The molecule has 2 saturated heterocycles. The molecule has 0 aromatic heterocycles. The minimum absolute atomic E-state index is 0.0178. The zero-order valence-corrected chi connectivity index (χ0v) is 21.5. The number of piperidine rings is 1. The van der Waals surface area contributed by atoms with E-state index in [2.05, 4.69) is 23.3 Å². The standard InChI is InChI=1S/C28H37N3O5/c1-4-35-25-11-10-22(18-26(25)36-5-2)23-19-30(3)13-12-24(23)29-27(32)20-6-8-21(9-7-20)28(33)31-14-16-34-17-15-31/h6-11,18,23-24H,4-5,12-17,19H2,1-3H3,(H,29,32). The summed E-state index contributed by atoms with van der Waals surface area (Å²) in [6.45, 7) is 9.08. The van der Waals surface area contributed by atoms with E-state index < -0.39 is 0 Å². The molecule has 8 nitrogen and oxygen atoms in total. The molecular weight excluding hydrogens is 458 g/mol. The normalized spacial score (nSPS) is 20.6. The van der Waals surface area contributed by atoms with Crippen molar-refractivity contribution in [1.29, 1.82) is 0 Å². The van der Waals surface area contributed by atoms with E-state index in [4.69, 9.17) is 14.2 Å². The number of hydrogen-bond acceptors (Lipinski definition) is 6. The summed E-state index contributed by atoms with van der Waals surface area (Å²) in [5, 5.41) is 3.26. The molecule has 2 atom stereocenters. The number of morpholine rings is 1. The first-order valence-corrected chi connectivity index (χ1v) is 12.9. The van der Waals surface area contributed by atoms with Gasteiger partial charge >= 0.3 is 0 Å². The maximum atomic E-state index is 13.2. The van der Waals surface area contributed by atoms with Crippen LogP contribution in [0.4, 0.5) is 0 Å². The van der Waals surface area contributed by atoms with Gasteiger partial charge in [-0.05, 0) is 75.8 Å². The third-order valence-corrected chi connectivity index (χ3v) is 6.82. The Balaban J connectivity index is 1.47. The summed E-state index contributed by atoms with van der Waals surface area (Å²) in [7, 11) is 2.10. The quantitative estimate of drug-likeness (QED) is 0.606. The Bertz CT molecular complexity index is 1040. The van der Waals surface area contributed by atoms with Crippen molar-refractivity contribution < 1.29 is 23.8 Å². The first-order valence-electron chi connectivity index (χ1n) is 12.9. The molecule has 2 aromatic carbocycles. The molecule has 2 amide bonds. The van der Waals surface area contributed by atoms with E-state index in [0.717, 1.165) is 36.6 Å². The van der Waals surface area contributed by atoms with Crippen molar-refractivity contribution >= 4 is 11.8 Å². The van der Waals surface area contributed by atoms with Crippen LogP contribution in [0.25, 0.3) is 0 Å². The van der Waals surface area contributed by atoms with Gasteiger partial charge in [-0.15, -0.1) is 0 Å². The Kier molecular flexibility index (Phi) is 8.83. The van der Waals surface area contributed by atoms with Gasteiger partial charge in [0.1, 0.15) is 0 Å². The molecule has 0 spiro atoms. The molecule has 2 unspecified atom stereocenters. The molecule has 1 N–H and O–H groups in total. The Labute approximate surface area is 213 Å². The zero-order valence-electron chi connectivity index (χ0n) is 21.5. The van der Waals surface area contributed by atoms with Crippen molar-refractivity contribution in [3.63, 3.8) is 0 Å². The van der Waals surface area contributed by atoms with E-state index in [-0.39, 0.29) is 23.8 Å². The van der Waals surface area contributed by atoms with Crippen molar-refractivity contribution in [2.45, 2.75) is 32.2 Å². The molecule has 36 heavy (non-hydrogen) atoms. The number of carbonyl (C=O) groups is 2. The number of benzene rings is 2. The summed E-state index contributed by atoms with van der Waals surface area (Å²) in [5.74, 6) is 1.43. The molecule has 0 saturated carbocycles. The summed E-state index contributed by atoms with van der Waals surface area (Å²) < 4.78 is 16.9. The van der Waals surface area contributed by atoms with Crippen molar-refractivity contribution in [3.8, 4) is 11.5 Å². The Morgan fingerprint density at radius 1 is 0.944 bits per heavy atom. The first-order chi connectivity index (χ1) is 17.5. The molecule has 2 aromatic rings. The van der Waals surface area contributed by atoms with Crippen LogP contribution >= 0.6 is 0 Å². The lowest BCUT2D eigenvalue weighted by atomic mass is 9.85. The van der Waals surface area contributed by atoms with Gasteiger partial charge < -0.3 is 29.3 Å². The summed E-state index contributed by atoms with van der Waals surface area (Å²) >= 11 is 0. The monoisotopic (exact) mass is 495 g/mol. The van der Waals surface area contributed by atoms with E-state index in [1.165, 1.54) is 0 Å². The summed E-state index contributed by atoms with van der Waals surface area (Å²) in [6.07, 6.45) is 0.845. The average Bonchev–Trinajstić information content (AvgIpc) is 2.91. The molecule has 8 heteroatoms. The highest BCUT2D eigenvalue weighted by atomic mass is 16.5. The fraction of sp³-hybridized carbons (Fsp3) is 0.500. The highest BCUT2D eigenvalue weighted by Gasteiger charge is 2.31. The van der Waals surface area contributed by atoms with Gasteiger partial charge in [0.2, 0.25) is 0 Å². The maximum Gasteiger partial charge on any atom is 0.254 e. The molecule has 0 aliphatic carbocycles. The minimum Gasteiger partial charge on any atom is -0.490 e. The van der Waals surface area contributed by atoms with Gasteiger partial charge in [0, 0.05) is 42.7 Å². The van der Waals surface area contributed by atoms with Gasteiger partial charge in [-0.1, -0.05) is 6.07 Å². The second-order valence-electron chi connectivity index (χ2n) is 9.29. The number of amides is 2. The Morgan fingerprint density at radius 3 is 2.31 bits per heavy atom. The molecule has 2 aliphatic heterocycles. The first kappa shape index (κ1) is 26.0. The number of carbonyl (C=O) groups excluding carboxylic acids is 2. The SMILES string of the molecule is CCOc1ccc(C2CN(C)CCC2NC(=O)c2ccc(C(=O)N3CCOCC3)cc2)cc1OCC. The molecule has 2 aliphatic rings. The fourth-order valence-corrected chi connectivity index (χ4v) is 4.89. The highest BCUT2D eigenvalue weighted by Crippen LogP contribution is 2.34. The van der Waals surface area contributed by atoms with Gasteiger partial charge in [0.25, 0.3) is 11.8 Å². The van der Waals surface area contributed by atoms with E-state index in [1.807, 2.05) is 26.0 Å². The van der Waals surface area contributed by atoms with Crippen LogP contribution in [0, 0.1) is 0 Å². The van der Waals surface area contributed by atoms with E-state index in [9.17, 15) is 9.59 Å². The summed E-state index contributed by atoms with van der Waals surface area (Å²) in [6, 6.07) is 13.0. The third kappa shape index (κ3) is 6.17. The number of likely N-dealkylation sites (N-methyl/N-ethyl adjacent to an activating group) is 1. The van der Waals surface area contributed by atoms with Gasteiger partial charge in [-0.25, -0.2) is 0 Å². The Morgan fingerprint density at radius 2 is 1.61 bits per heavy atom. The van der Waals surface area contributed by atoms with Crippen LogP contribution < -0.4 is 14.8 Å². The van der Waals surface area contributed by atoms with E-state index in [1.54, 1.807) is 29.2 Å². The topological polar surface area (TPSA) is 80.3 Å². The molecule has 2 heterocycles. The van der Waals surface area contributed by atoms with Crippen LogP contribution in [-0.2, 0) is 4.74 Å². The highest BCUT2D eigenvalue weighted by molar-refractivity contribution is 5.98. The van der Waals surface area contributed by atoms with Crippen LogP contribution in [0.3, 0.4) is 0 Å². The lowest BCUT2D eigenvalue weighted by Crippen LogP contribution is -2.48. The molecular formula is C28H37N3O5. The third-order valence-electron chi connectivity index (χ3n) is 6.82. The van der Waals surface area contributed by atoms with Crippen LogP contribution in [0.2, 0.25) is 0 Å². The number of rotatable bonds is 8. The Hall–Kier alpha value is -3.10. The zero-order chi connectivity index (χ0) is 25.5. The smallest absolute Gasteiger partial charge is 0.254 e. The van der Waals surface area contributed by atoms with Crippen molar-refractivity contribution in [1.82, 2.24) is 15.1 Å². The predicted molar refractivity (Wildman–Crippen MR) is 138 cm³/mol. The number of nitrogens with one attached hydrogen (secondary N) is 1. The van der Waals surface area contributed by atoms with E-state index >= 15 is 0 Å². The van der Waals surface area contributed by atoms with Gasteiger partial charge in [0.15, 0.2) is 11.5 Å². The van der Waals surface area contributed by atoms with Crippen molar-refractivity contribution in [2.75, 3.05) is 59.7 Å². The molecule has 4 rings (SSSR count). The van der Waals surface area contributed by atoms with Gasteiger partial charge in [-0.2, -0.15) is 0 Å². The number of ether oxygens (including phenoxy) is 3. The largest absolute Gasteiger partial charge is 0.490 e. The molecule has 0 radical (unpaired) electrons. The minimum atomic E-state index is -0.129. The van der Waals surface area contributed by atoms with Gasteiger partial charge in [-0.3, -0.25) is 9.59 Å². The predicted octanol–water partition coefficient (Wildman–Crippen LogP) is 3.17. The van der Waals surface area contributed by atoms with Crippen LogP contribution in [0.15, 0.2) is 42.5 Å². The number of nitrogens with zero attached hydrogens (tertiary/aromatic N) is 2.